The fraction of sp³-hybridized carbons (Fsp3) is 0.0769. The van der Waals surface area contributed by atoms with E-state index in [1.54, 1.807) is 28.8 Å². The average Bonchev–Trinajstić information content (AvgIpc) is 3.30. The van der Waals surface area contributed by atoms with Gasteiger partial charge >= 0.3 is 0 Å². The van der Waals surface area contributed by atoms with Gasteiger partial charge in [-0.1, -0.05) is 65.8 Å². The van der Waals surface area contributed by atoms with Gasteiger partial charge in [0.25, 0.3) is 11.7 Å². The molecule has 0 aliphatic carbocycles. The third-order valence-corrected chi connectivity index (χ3v) is 6.33. The number of aromatic nitrogens is 4. The number of nitrogens with zero attached hydrogens (tertiary/aromatic N) is 4. The first-order chi connectivity index (χ1) is 17.0. The van der Waals surface area contributed by atoms with E-state index < -0.39 is 0 Å². The summed E-state index contributed by atoms with van der Waals surface area (Å²) in [5.41, 5.74) is 2.41. The van der Waals surface area contributed by atoms with Crippen LogP contribution in [0.15, 0.2) is 94.9 Å². The number of anilines is 1. The highest BCUT2D eigenvalue weighted by molar-refractivity contribution is 7.99. The highest BCUT2D eigenvalue weighted by Crippen LogP contribution is 2.34. The molecule has 174 valence electrons. The summed E-state index contributed by atoms with van der Waals surface area (Å²) in [5, 5.41) is 9.06. The number of hydrogen-bond acceptors (Lipinski definition) is 6. The molecule has 3 aromatic carbocycles. The first-order valence-electron chi connectivity index (χ1n) is 10.8. The second-order valence-corrected chi connectivity index (χ2v) is 9.14. The molecular formula is C26H20ClN5O2S. The molecule has 5 aromatic rings. The van der Waals surface area contributed by atoms with Crippen molar-refractivity contribution in [2.75, 3.05) is 11.9 Å². The molecule has 2 heterocycles. The lowest BCUT2D eigenvalue weighted by Crippen LogP contribution is -2.20. The van der Waals surface area contributed by atoms with Gasteiger partial charge in [0, 0.05) is 21.2 Å². The summed E-state index contributed by atoms with van der Waals surface area (Å²) < 4.78 is 7.29. The molecule has 7 nitrogen and oxygen atoms in total. The van der Waals surface area contributed by atoms with E-state index in [0.717, 1.165) is 21.2 Å². The van der Waals surface area contributed by atoms with Crippen molar-refractivity contribution < 1.29 is 9.53 Å². The van der Waals surface area contributed by atoms with Gasteiger partial charge in [-0.3, -0.25) is 4.79 Å². The molecule has 0 unspecified atom stereocenters. The smallest absolute Gasteiger partial charge is 0.262 e. The van der Waals surface area contributed by atoms with Gasteiger partial charge in [0.15, 0.2) is 12.4 Å². The van der Waals surface area contributed by atoms with Gasteiger partial charge in [0.2, 0.25) is 0 Å². The van der Waals surface area contributed by atoms with E-state index in [0.29, 0.717) is 28.1 Å². The third-order valence-electron chi connectivity index (χ3n) is 5.00. The van der Waals surface area contributed by atoms with Crippen molar-refractivity contribution in [3.05, 3.63) is 95.6 Å². The Labute approximate surface area is 211 Å². The number of carbonyl (C=O) groups is 1. The quantitative estimate of drug-likeness (QED) is 0.279. The van der Waals surface area contributed by atoms with Crippen LogP contribution in [0.5, 0.6) is 5.75 Å². The maximum Gasteiger partial charge on any atom is 0.262 e. The van der Waals surface area contributed by atoms with Crippen LogP contribution in [-0.4, -0.2) is 32.1 Å². The lowest BCUT2D eigenvalue weighted by atomic mass is 10.2. The van der Waals surface area contributed by atoms with Gasteiger partial charge in [-0.25, -0.2) is 4.98 Å². The van der Waals surface area contributed by atoms with E-state index in [1.165, 1.54) is 11.8 Å². The van der Waals surface area contributed by atoms with Crippen LogP contribution < -0.4 is 10.1 Å². The summed E-state index contributed by atoms with van der Waals surface area (Å²) in [7, 11) is 0. The molecule has 2 aromatic heterocycles. The second-order valence-electron chi connectivity index (χ2n) is 7.64. The highest BCUT2D eigenvalue weighted by atomic mass is 35.5. The average molecular weight is 502 g/mol. The minimum atomic E-state index is -0.267. The molecule has 5 rings (SSSR count). The number of rotatable bonds is 7. The lowest BCUT2D eigenvalue weighted by molar-refractivity contribution is -0.118. The molecule has 0 fully saturated rings. The van der Waals surface area contributed by atoms with Gasteiger partial charge in [-0.2, -0.15) is 9.50 Å². The Hall–Kier alpha value is -3.88. The summed E-state index contributed by atoms with van der Waals surface area (Å²) in [5.74, 6) is 1.43. The van der Waals surface area contributed by atoms with E-state index in [-0.39, 0.29) is 12.5 Å². The molecule has 0 saturated heterocycles. The van der Waals surface area contributed by atoms with Gasteiger partial charge in [-0.05, 0) is 49.4 Å². The molecule has 0 aliphatic heterocycles. The Kier molecular flexibility index (Phi) is 6.65. The van der Waals surface area contributed by atoms with Crippen LogP contribution >= 0.6 is 23.4 Å². The monoisotopic (exact) mass is 501 g/mol. The highest BCUT2D eigenvalue weighted by Gasteiger charge is 2.15. The Morgan fingerprint density at radius 1 is 1.00 bits per heavy atom. The molecule has 0 spiro atoms. The maximum atomic E-state index is 12.6. The molecule has 0 bridgehead atoms. The number of nitrogens with one attached hydrogen (secondary N) is 1. The number of hydrogen-bond donors (Lipinski definition) is 1. The summed E-state index contributed by atoms with van der Waals surface area (Å²) in [4.78, 5) is 22.6. The number of ether oxygens (including phenoxy) is 1. The van der Waals surface area contributed by atoms with E-state index in [2.05, 4.69) is 20.4 Å². The first-order valence-corrected chi connectivity index (χ1v) is 12.0. The topological polar surface area (TPSA) is 81.4 Å². The number of amides is 1. The van der Waals surface area contributed by atoms with Crippen molar-refractivity contribution >= 4 is 40.7 Å². The van der Waals surface area contributed by atoms with Crippen LogP contribution in [0.25, 0.3) is 17.2 Å². The Morgan fingerprint density at radius 2 is 1.74 bits per heavy atom. The van der Waals surface area contributed by atoms with Gasteiger partial charge in [-0.15, -0.1) is 5.10 Å². The minimum Gasteiger partial charge on any atom is -0.484 e. The maximum absolute atomic E-state index is 12.6. The number of carbonyl (C=O) groups excluding carboxylic acids is 1. The minimum absolute atomic E-state index is 0.122. The van der Waals surface area contributed by atoms with Gasteiger partial charge in [0.1, 0.15) is 10.8 Å². The number of fused-ring (bicyclic) bond motifs is 1. The fourth-order valence-corrected chi connectivity index (χ4v) is 4.54. The molecule has 0 atom stereocenters. The Morgan fingerprint density at radius 3 is 2.54 bits per heavy atom. The van der Waals surface area contributed by atoms with Crippen LogP contribution in [0.4, 0.5) is 5.69 Å². The van der Waals surface area contributed by atoms with Crippen LogP contribution in [-0.2, 0) is 4.79 Å². The number of halogens is 1. The summed E-state index contributed by atoms with van der Waals surface area (Å²) >= 11 is 7.37. The van der Waals surface area contributed by atoms with E-state index in [9.17, 15) is 4.79 Å². The Balaban J connectivity index is 1.37. The van der Waals surface area contributed by atoms with Crippen molar-refractivity contribution in [2.24, 2.45) is 0 Å². The lowest BCUT2D eigenvalue weighted by Gasteiger charge is -2.12. The molecule has 1 N–H and O–H groups in total. The standard InChI is InChI=1S/C26H20ClN5O2S/c1-17-15-24(32-26(28-17)30-25(31-32)18-7-3-2-4-8-18)35-22-10-6-5-9-21(22)29-23(33)16-34-20-13-11-19(27)12-14-20/h2-15H,16H2,1H3,(H,29,33). The molecule has 9 heteroatoms. The zero-order valence-electron chi connectivity index (χ0n) is 18.7. The second kappa shape index (κ2) is 10.2. The summed E-state index contributed by atoms with van der Waals surface area (Å²) in [6.07, 6.45) is 0. The van der Waals surface area contributed by atoms with Crippen LogP contribution in [0.3, 0.4) is 0 Å². The first kappa shape index (κ1) is 22.9. The molecule has 0 saturated carbocycles. The van der Waals surface area contributed by atoms with Crippen molar-refractivity contribution in [3.63, 3.8) is 0 Å². The summed E-state index contributed by atoms with van der Waals surface area (Å²) in [6, 6.07) is 26.2. The largest absolute Gasteiger partial charge is 0.484 e. The SMILES string of the molecule is Cc1cc(Sc2ccccc2NC(=O)COc2ccc(Cl)cc2)n2nc(-c3ccccc3)nc2n1. The number of benzene rings is 3. The van der Waals surface area contributed by atoms with E-state index in [1.807, 2.05) is 67.6 Å². The molecule has 1 amide bonds. The van der Waals surface area contributed by atoms with E-state index >= 15 is 0 Å². The molecule has 0 radical (unpaired) electrons. The molecular weight excluding hydrogens is 482 g/mol. The van der Waals surface area contributed by atoms with Crippen molar-refractivity contribution in [1.82, 2.24) is 19.6 Å². The predicted octanol–water partition coefficient (Wildman–Crippen LogP) is 5.92. The van der Waals surface area contributed by atoms with Gasteiger partial charge < -0.3 is 10.1 Å². The van der Waals surface area contributed by atoms with Crippen molar-refractivity contribution in [1.29, 1.82) is 0 Å². The third kappa shape index (κ3) is 5.45. The number of aryl methyl sites for hydroxylation is 1. The van der Waals surface area contributed by atoms with Gasteiger partial charge in [0.05, 0.1) is 5.69 Å². The van der Waals surface area contributed by atoms with Crippen molar-refractivity contribution in [3.8, 4) is 17.1 Å². The number of para-hydroxylation sites is 1. The Bertz CT molecular complexity index is 1490. The van der Waals surface area contributed by atoms with Crippen LogP contribution in [0.1, 0.15) is 5.69 Å². The van der Waals surface area contributed by atoms with Crippen LogP contribution in [0.2, 0.25) is 5.02 Å². The molecule has 35 heavy (non-hydrogen) atoms. The zero-order chi connectivity index (χ0) is 24.2. The predicted molar refractivity (Wildman–Crippen MR) is 137 cm³/mol. The van der Waals surface area contributed by atoms with Crippen LogP contribution in [0, 0.1) is 6.92 Å². The molecule has 0 aliphatic rings. The fourth-order valence-electron chi connectivity index (χ4n) is 3.37. The van der Waals surface area contributed by atoms with E-state index in [4.69, 9.17) is 16.3 Å². The normalized spacial score (nSPS) is 10.9. The van der Waals surface area contributed by atoms with Crippen molar-refractivity contribution in [2.45, 2.75) is 16.8 Å². The zero-order valence-corrected chi connectivity index (χ0v) is 20.3. The summed E-state index contributed by atoms with van der Waals surface area (Å²) in [6.45, 7) is 1.80.